The fourth-order valence-electron chi connectivity index (χ4n) is 2.40. The molecule has 2 heterocycles. The average Bonchev–Trinajstić information content (AvgIpc) is 3.24. The monoisotopic (exact) mass is 402 g/mol. The standard InChI is InChI=1S/C19H22N4O2S2/c1-11(2)14-5-7-15(8-6-14)21-18(24)12(3)27-19-23-22-17(25-19)9-16-10-26-13(4)20-16/h5-8,10-12H,9H2,1-4H3,(H,21,24)/t12-/m0/s1. The van der Waals surface area contributed by atoms with Gasteiger partial charge in [0.15, 0.2) is 0 Å². The van der Waals surface area contributed by atoms with Crippen LogP contribution < -0.4 is 5.32 Å². The maximum Gasteiger partial charge on any atom is 0.277 e. The van der Waals surface area contributed by atoms with E-state index >= 15 is 0 Å². The van der Waals surface area contributed by atoms with E-state index in [0.29, 0.717) is 23.5 Å². The Labute approximate surface area is 166 Å². The molecule has 0 radical (unpaired) electrons. The van der Waals surface area contributed by atoms with Crippen LogP contribution >= 0.6 is 23.1 Å². The number of hydrogen-bond acceptors (Lipinski definition) is 7. The molecule has 3 rings (SSSR count). The van der Waals surface area contributed by atoms with Crippen molar-refractivity contribution in [2.24, 2.45) is 0 Å². The van der Waals surface area contributed by atoms with Gasteiger partial charge in [0.05, 0.1) is 22.4 Å². The van der Waals surface area contributed by atoms with Gasteiger partial charge >= 0.3 is 0 Å². The third kappa shape index (κ3) is 5.40. The van der Waals surface area contributed by atoms with Gasteiger partial charge in [0, 0.05) is 11.1 Å². The molecule has 142 valence electrons. The number of aromatic nitrogens is 3. The summed E-state index contributed by atoms with van der Waals surface area (Å²) in [6.45, 7) is 8.05. The van der Waals surface area contributed by atoms with Gasteiger partial charge in [0.1, 0.15) is 0 Å². The minimum Gasteiger partial charge on any atom is -0.416 e. The number of rotatable bonds is 7. The first-order chi connectivity index (χ1) is 12.9. The summed E-state index contributed by atoms with van der Waals surface area (Å²) in [5, 5.41) is 14.0. The molecule has 0 aliphatic heterocycles. The second-order valence-electron chi connectivity index (χ2n) is 6.52. The predicted octanol–water partition coefficient (Wildman–Crippen LogP) is 4.67. The summed E-state index contributed by atoms with van der Waals surface area (Å²) >= 11 is 2.83. The van der Waals surface area contributed by atoms with Gasteiger partial charge in [-0.2, -0.15) is 0 Å². The Hall–Kier alpha value is -2.19. The molecule has 6 nitrogen and oxygen atoms in total. The van der Waals surface area contributed by atoms with Gasteiger partial charge in [-0.05, 0) is 37.5 Å². The zero-order chi connectivity index (χ0) is 19.4. The summed E-state index contributed by atoms with van der Waals surface area (Å²) in [5.74, 6) is 0.857. The molecule has 27 heavy (non-hydrogen) atoms. The van der Waals surface area contributed by atoms with Crippen molar-refractivity contribution >= 4 is 34.7 Å². The highest BCUT2D eigenvalue weighted by atomic mass is 32.2. The Bertz CT molecular complexity index is 903. The quantitative estimate of drug-likeness (QED) is 0.579. The summed E-state index contributed by atoms with van der Waals surface area (Å²) < 4.78 is 5.64. The molecule has 0 aliphatic carbocycles. The van der Waals surface area contributed by atoms with E-state index in [0.717, 1.165) is 16.4 Å². The van der Waals surface area contributed by atoms with Crippen molar-refractivity contribution in [1.82, 2.24) is 15.2 Å². The zero-order valence-electron chi connectivity index (χ0n) is 15.7. The van der Waals surface area contributed by atoms with Crippen molar-refractivity contribution in [1.29, 1.82) is 0 Å². The number of carbonyl (C=O) groups excluding carboxylic acids is 1. The molecule has 1 aromatic carbocycles. The van der Waals surface area contributed by atoms with Gasteiger partial charge in [-0.1, -0.05) is 37.7 Å². The van der Waals surface area contributed by atoms with Crippen LogP contribution in [0.2, 0.25) is 0 Å². The van der Waals surface area contributed by atoms with Crippen molar-refractivity contribution in [3.8, 4) is 0 Å². The Morgan fingerprint density at radius 1 is 1.22 bits per heavy atom. The number of benzene rings is 1. The maximum atomic E-state index is 12.4. The Morgan fingerprint density at radius 3 is 2.59 bits per heavy atom. The fourth-order valence-corrected chi connectivity index (χ4v) is 3.71. The fraction of sp³-hybridized carbons (Fsp3) is 0.368. The lowest BCUT2D eigenvalue weighted by Gasteiger charge is -2.11. The normalized spacial score (nSPS) is 12.3. The van der Waals surface area contributed by atoms with Gasteiger partial charge < -0.3 is 9.73 Å². The third-order valence-electron chi connectivity index (χ3n) is 3.94. The summed E-state index contributed by atoms with van der Waals surface area (Å²) in [5.41, 5.74) is 2.93. The highest BCUT2D eigenvalue weighted by Crippen LogP contribution is 2.24. The second kappa shape index (κ2) is 8.67. The molecule has 0 fully saturated rings. The summed E-state index contributed by atoms with van der Waals surface area (Å²) in [4.78, 5) is 16.8. The molecular weight excluding hydrogens is 380 g/mol. The van der Waals surface area contributed by atoms with Crippen LogP contribution in [0.15, 0.2) is 39.3 Å². The van der Waals surface area contributed by atoms with Gasteiger partial charge in [-0.15, -0.1) is 21.5 Å². The molecule has 8 heteroatoms. The van der Waals surface area contributed by atoms with Crippen molar-refractivity contribution in [3.05, 3.63) is 51.8 Å². The van der Waals surface area contributed by atoms with Crippen LogP contribution in [0, 0.1) is 6.92 Å². The van der Waals surface area contributed by atoms with E-state index in [2.05, 4.69) is 34.3 Å². The number of carbonyl (C=O) groups is 1. The van der Waals surface area contributed by atoms with Crippen LogP contribution in [0.4, 0.5) is 5.69 Å². The van der Waals surface area contributed by atoms with Crippen LogP contribution in [-0.2, 0) is 11.2 Å². The minimum absolute atomic E-state index is 0.104. The molecule has 1 atom stereocenters. The smallest absolute Gasteiger partial charge is 0.277 e. The number of amides is 1. The topological polar surface area (TPSA) is 80.9 Å². The molecule has 0 unspecified atom stereocenters. The SMILES string of the molecule is Cc1nc(Cc2nnc(S[C@@H](C)C(=O)Nc3ccc(C(C)C)cc3)o2)cs1. The Kier molecular flexibility index (Phi) is 6.28. The van der Waals surface area contributed by atoms with Gasteiger partial charge in [-0.25, -0.2) is 4.98 Å². The van der Waals surface area contributed by atoms with E-state index in [1.165, 1.54) is 17.3 Å². The molecule has 0 aliphatic rings. The van der Waals surface area contributed by atoms with Crippen LogP contribution in [0.25, 0.3) is 0 Å². The lowest BCUT2D eigenvalue weighted by atomic mass is 10.0. The van der Waals surface area contributed by atoms with Crippen molar-refractivity contribution in [2.75, 3.05) is 5.32 Å². The number of anilines is 1. The molecular formula is C19H22N4O2S2. The molecule has 1 amide bonds. The van der Waals surface area contributed by atoms with Gasteiger partial charge in [0.2, 0.25) is 11.8 Å². The number of nitrogens with one attached hydrogen (secondary N) is 1. The highest BCUT2D eigenvalue weighted by molar-refractivity contribution is 8.00. The van der Waals surface area contributed by atoms with Crippen LogP contribution in [0.5, 0.6) is 0 Å². The van der Waals surface area contributed by atoms with E-state index in [4.69, 9.17) is 4.42 Å². The average molecular weight is 403 g/mol. The van der Waals surface area contributed by atoms with E-state index in [-0.39, 0.29) is 11.2 Å². The number of thiazole rings is 1. The zero-order valence-corrected chi connectivity index (χ0v) is 17.4. The first-order valence-electron chi connectivity index (χ1n) is 8.71. The number of hydrogen-bond donors (Lipinski definition) is 1. The first-order valence-corrected chi connectivity index (χ1v) is 10.5. The molecule has 2 aromatic heterocycles. The van der Waals surface area contributed by atoms with Crippen LogP contribution in [0.3, 0.4) is 0 Å². The molecule has 0 bridgehead atoms. The van der Waals surface area contributed by atoms with E-state index in [9.17, 15) is 4.79 Å². The predicted molar refractivity (Wildman–Crippen MR) is 108 cm³/mol. The second-order valence-corrected chi connectivity index (χ2v) is 8.88. The summed E-state index contributed by atoms with van der Waals surface area (Å²) in [6.07, 6.45) is 0.501. The van der Waals surface area contributed by atoms with E-state index < -0.39 is 0 Å². The minimum atomic E-state index is -0.357. The number of thioether (sulfide) groups is 1. The number of nitrogens with zero attached hydrogens (tertiary/aromatic N) is 3. The Balaban J connectivity index is 1.55. The maximum absolute atomic E-state index is 12.4. The van der Waals surface area contributed by atoms with Crippen molar-refractivity contribution < 1.29 is 9.21 Å². The van der Waals surface area contributed by atoms with Crippen LogP contribution in [-0.4, -0.2) is 26.3 Å². The Morgan fingerprint density at radius 2 is 1.96 bits per heavy atom. The lowest BCUT2D eigenvalue weighted by Crippen LogP contribution is -2.22. The van der Waals surface area contributed by atoms with E-state index in [1.807, 2.05) is 43.5 Å². The van der Waals surface area contributed by atoms with Crippen molar-refractivity contribution in [2.45, 2.75) is 50.5 Å². The molecule has 0 saturated carbocycles. The highest BCUT2D eigenvalue weighted by Gasteiger charge is 2.19. The number of aryl methyl sites for hydroxylation is 1. The summed E-state index contributed by atoms with van der Waals surface area (Å²) in [7, 11) is 0. The first kappa shape index (κ1) is 19.6. The van der Waals surface area contributed by atoms with Gasteiger partial charge in [0.25, 0.3) is 5.22 Å². The molecule has 0 saturated heterocycles. The molecule has 1 N–H and O–H groups in total. The van der Waals surface area contributed by atoms with Gasteiger partial charge in [-0.3, -0.25) is 4.79 Å². The lowest BCUT2D eigenvalue weighted by molar-refractivity contribution is -0.115. The summed E-state index contributed by atoms with van der Waals surface area (Å²) in [6, 6.07) is 7.90. The molecule has 0 spiro atoms. The molecule has 3 aromatic rings. The van der Waals surface area contributed by atoms with E-state index in [1.54, 1.807) is 11.3 Å². The largest absolute Gasteiger partial charge is 0.416 e. The van der Waals surface area contributed by atoms with Crippen molar-refractivity contribution in [3.63, 3.8) is 0 Å². The van der Waals surface area contributed by atoms with Crippen LogP contribution in [0.1, 0.15) is 48.8 Å². The third-order valence-corrected chi connectivity index (χ3v) is 5.70.